The Morgan fingerprint density at radius 2 is 1.73 bits per heavy atom. The van der Waals surface area contributed by atoms with Crippen LogP contribution in [-0.4, -0.2) is 31.7 Å². The topological polar surface area (TPSA) is 50.3 Å². The summed E-state index contributed by atoms with van der Waals surface area (Å²) in [6.45, 7) is 1.27. The van der Waals surface area contributed by atoms with Crippen LogP contribution in [0.4, 0.5) is 5.13 Å². The Morgan fingerprint density at radius 3 is 2.43 bits per heavy atom. The summed E-state index contributed by atoms with van der Waals surface area (Å²) in [7, 11) is -3.53. The number of sulfone groups is 1. The van der Waals surface area contributed by atoms with Crippen molar-refractivity contribution in [1.29, 1.82) is 0 Å². The molecule has 0 spiro atoms. The zero-order chi connectivity index (χ0) is 21.3. The van der Waals surface area contributed by atoms with Crippen molar-refractivity contribution in [3.63, 3.8) is 0 Å². The third-order valence-electron chi connectivity index (χ3n) is 5.21. The van der Waals surface area contributed by atoms with Gasteiger partial charge in [-0.05, 0) is 42.7 Å². The maximum Gasteiger partial charge on any atom is 0.185 e. The molecule has 0 amide bonds. The van der Waals surface area contributed by atoms with E-state index in [0.29, 0.717) is 25.9 Å². The molecule has 1 aliphatic heterocycles. The third-order valence-corrected chi connectivity index (χ3v) is 9.65. The second-order valence-electron chi connectivity index (χ2n) is 7.21. The number of hydrogen-bond acceptors (Lipinski definition) is 5. The average Bonchev–Trinajstić information content (AvgIpc) is 3.20. The molecular formula is C21H19Cl3N2O2S2. The molecule has 4 rings (SSSR count). The molecule has 0 saturated carbocycles. The van der Waals surface area contributed by atoms with Crippen LogP contribution in [0.25, 0.3) is 0 Å². The fourth-order valence-electron chi connectivity index (χ4n) is 3.57. The highest BCUT2D eigenvalue weighted by molar-refractivity contribution is 7.92. The van der Waals surface area contributed by atoms with Gasteiger partial charge in [-0.15, -0.1) is 11.3 Å². The van der Waals surface area contributed by atoms with Gasteiger partial charge in [0.1, 0.15) is 0 Å². The molecule has 0 atom stereocenters. The number of hydrogen-bond donors (Lipinski definition) is 0. The van der Waals surface area contributed by atoms with E-state index in [0.717, 1.165) is 27.8 Å². The Bertz CT molecular complexity index is 1140. The lowest BCUT2D eigenvalue weighted by molar-refractivity contribution is 0.529. The fraction of sp³-hybridized carbons (Fsp3) is 0.286. The number of rotatable bonds is 5. The lowest BCUT2D eigenvalue weighted by Crippen LogP contribution is -2.39. The van der Waals surface area contributed by atoms with Crippen LogP contribution in [0, 0.1) is 0 Å². The first-order chi connectivity index (χ1) is 14.3. The molecule has 4 nitrogen and oxygen atoms in total. The van der Waals surface area contributed by atoms with Gasteiger partial charge in [-0.1, -0.05) is 53.0 Å². The van der Waals surface area contributed by atoms with Gasteiger partial charge < -0.3 is 4.90 Å². The van der Waals surface area contributed by atoms with Gasteiger partial charge >= 0.3 is 0 Å². The van der Waals surface area contributed by atoms with Gasteiger partial charge in [0, 0.05) is 29.9 Å². The van der Waals surface area contributed by atoms with Gasteiger partial charge in [0.25, 0.3) is 0 Å². The molecule has 9 heteroatoms. The smallest absolute Gasteiger partial charge is 0.185 e. The highest BCUT2D eigenvalue weighted by Crippen LogP contribution is 2.35. The molecule has 3 aromatic rings. The van der Waals surface area contributed by atoms with Crippen molar-refractivity contribution in [2.24, 2.45) is 0 Å². The summed E-state index contributed by atoms with van der Waals surface area (Å²) in [5.74, 6) is 0. The summed E-state index contributed by atoms with van der Waals surface area (Å²) in [4.78, 5) is 7.02. The molecule has 0 aliphatic carbocycles. The molecular weight excluding hydrogens is 483 g/mol. The van der Waals surface area contributed by atoms with Gasteiger partial charge in [-0.3, -0.25) is 0 Å². The normalized spacial score (nSPS) is 15.5. The van der Waals surface area contributed by atoms with Crippen LogP contribution in [0.3, 0.4) is 0 Å². The Balaban J connectivity index is 1.42. The Labute approximate surface area is 195 Å². The fourth-order valence-corrected chi connectivity index (χ4v) is 7.08. The van der Waals surface area contributed by atoms with E-state index in [2.05, 4.69) is 10.3 Å². The first kappa shape index (κ1) is 21.9. The number of nitrogens with zero attached hydrogens (tertiary/aromatic N) is 2. The number of piperidine rings is 1. The SMILES string of the molecule is O=S(=O)(c1cccc(Cl)c1Cl)C1CCN(c2nc(Cc3ccc(Cl)cc3)cs2)CC1. The Morgan fingerprint density at radius 1 is 1.03 bits per heavy atom. The van der Waals surface area contributed by atoms with E-state index in [-0.39, 0.29) is 14.9 Å². The molecule has 1 aromatic heterocycles. The quantitative estimate of drug-likeness (QED) is 0.421. The zero-order valence-corrected chi connectivity index (χ0v) is 19.8. The summed E-state index contributed by atoms with van der Waals surface area (Å²) in [5, 5.41) is 3.58. The zero-order valence-electron chi connectivity index (χ0n) is 15.9. The third kappa shape index (κ3) is 4.63. The van der Waals surface area contributed by atoms with Gasteiger partial charge in [0.05, 0.1) is 25.9 Å². The van der Waals surface area contributed by atoms with Gasteiger partial charge in [0.2, 0.25) is 0 Å². The number of halogens is 3. The second kappa shape index (κ2) is 9.05. The van der Waals surface area contributed by atoms with E-state index in [9.17, 15) is 8.42 Å². The summed E-state index contributed by atoms with van der Waals surface area (Å²) >= 11 is 19.7. The molecule has 0 unspecified atom stereocenters. The predicted octanol–water partition coefficient (Wildman–Crippen LogP) is 6.14. The minimum absolute atomic E-state index is 0.105. The van der Waals surface area contributed by atoms with Crippen molar-refractivity contribution >= 4 is 61.1 Å². The van der Waals surface area contributed by atoms with E-state index in [1.807, 2.05) is 24.3 Å². The summed E-state index contributed by atoms with van der Waals surface area (Å²) < 4.78 is 26.1. The average molecular weight is 502 g/mol. The summed E-state index contributed by atoms with van der Waals surface area (Å²) in [6, 6.07) is 12.5. The minimum atomic E-state index is -3.53. The lowest BCUT2D eigenvalue weighted by atomic mass is 10.1. The van der Waals surface area contributed by atoms with Gasteiger partial charge in [-0.2, -0.15) is 0 Å². The molecule has 30 heavy (non-hydrogen) atoms. The van der Waals surface area contributed by atoms with Crippen LogP contribution in [0.5, 0.6) is 0 Å². The standard InChI is InChI=1S/C21H19Cl3N2O2S2/c22-15-6-4-14(5-7-15)12-16-13-29-21(25-16)26-10-8-17(9-11-26)30(27,28)19-3-1-2-18(23)20(19)24/h1-7,13,17H,8-12H2. The maximum atomic E-state index is 13.1. The summed E-state index contributed by atoms with van der Waals surface area (Å²) in [6.07, 6.45) is 1.79. The van der Waals surface area contributed by atoms with Gasteiger partial charge in [0.15, 0.2) is 15.0 Å². The first-order valence-corrected chi connectivity index (χ1v) is 13.0. The highest BCUT2D eigenvalue weighted by atomic mass is 35.5. The molecule has 1 fully saturated rings. The van der Waals surface area contributed by atoms with Crippen molar-refractivity contribution in [1.82, 2.24) is 4.98 Å². The minimum Gasteiger partial charge on any atom is -0.348 e. The van der Waals surface area contributed by atoms with Crippen LogP contribution < -0.4 is 4.90 Å². The number of thiazole rings is 1. The van der Waals surface area contributed by atoms with Crippen molar-refractivity contribution in [3.05, 3.63) is 74.2 Å². The van der Waals surface area contributed by atoms with Crippen molar-refractivity contribution in [3.8, 4) is 0 Å². The van der Waals surface area contributed by atoms with Gasteiger partial charge in [-0.25, -0.2) is 13.4 Å². The van der Waals surface area contributed by atoms with Crippen LogP contribution in [-0.2, 0) is 16.3 Å². The van der Waals surface area contributed by atoms with Crippen LogP contribution in [0.15, 0.2) is 52.7 Å². The van der Waals surface area contributed by atoms with E-state index >= 15 is 0 Å². The molecule has 1 aliphatic rings. The molecule has 2 heterocycles. The predicted molar refractivity (Wildman–Crippen MR) is 125 cm³/mol. The molecule has 0 N–H and O–H groups in total. The first-order valence-electron chi connectivity index (χ1n) is 9.46. The molecule has 2 aromatic carbocycles. The number of aromatic nitrogens is 1. The van der Waals surface area contributed by atoms with E-state index in [1.165, 1.54) is 6.07 Å². The number of anilines is 1. The van der Waals surface area contributed by atoms with Crippen molar-refractivity contribution < 1.29 is 8.42 Å². The largest absolute Gasteiger partial charge is 0.348 e. The van der Waals surface area contributed by atoms with Crippen LogP contribution >= 0.6 is 46.1 Å². The highest BCUT2D eigenvalue weighted by Gasteiger charge is 2.33. The molecule has 0 radical (unpaired) electrons. The van der Waals surface area contributed by atoms with Crippen molar-refractivity contribution in [2.75, 3.05) is 18.0 Å². The molecule has 1 saturated heterocycles. The monoisotopic (exact) mass is 500 g/mol. The summed E-state index contributed by atoms with van der Waals surface area (Å²) in [5.41, 5.74) is 2.15. The second-order valence-corrected chi connectivity index (χ2v) is 11.5. The maximum absolute atomic E-state index is 13.1. The number of benzene rings is 2. The van der Waals surface area contributed by atoms with Crippen LogP contribution in [0.1, 0.15) is 24.1 Å². The van der Waals surface area contributed by atoms with E-state index < -0.39 is 15.1 Å². The van der Waals surface area contributed by atoms with Crippen molar-refractivity contribution in [2.45, 2.75) is 29.4 Å². The Kier molecular flexibility index (Phi) is 6.61. The lowest BCUT2D eigenvalue weighted by Gasteiger charge is -2.31. The van der Waals surface area contributed by atoms with E-state index in [4.69, 9.17) is 39.8 Å². The van der Waals surface area contributed by atoms with Crippen LogP contribution in [0.2, 0.25) is 15.1 Å². The Hall–Kier alpha value is -1.31. The van der Waals surface area contributed by atoms with E-state index in [1.54, 1.807) is 23.5 Å². The molecule has 0 bridgehead atoms. The molecule has 158 valence electrons.